The summed E-state index contributed by atoms with van der Waals surface area (Å²) >= 11 is 1.18. The SMILES string of the molecule is Cc1ccc(-n2nnnc2SCC(=O)c2ccc(O)cc2O)c(C)c1. The molecule has 0 atom stereocenters. The van der Waals surface area contributed by atoms with Crippen molar-refractivity contribution in [1.82, 2.24) is 20.2 Å². The third-order valence-electron chi connectivity index (χ3n) is 3.64. The first kappa shape index (κ1) is 17.0. The fourth-order valence-corrected chi connectivity index (χ4v) is 3.19. The van der Waals surface area contributed by atoms with Crippen molar-refractivity contribution < 1.29 is 15.0 Å². The zero-order chi connectivity index (χ0) is 18.0. The molecule has 0 aliphatic heterocycles. The zero-order valence-corrected chi connectivity index (χ0v) is 14.5. The van der Waals surface area contributed by atoms with Crippen LogP contribution in [0.15, 0.2) is 41.6 Å². The highest BCUT2D eigenvalue weighted by atomic mass is 32.2. The van der Waals surface area contributed by atoms with Gasteiger partial charge < -0.3 is 10.2 Å². The lowest BCUT2D eigenvalue weighted by atomic mass is 10.1. The van der Waals surface area contributed by atoms with E-state index < -0.39 is 0 Å². The predicted octanol–water partition coefficient (Wildman–Crippen LogP) is 2.67. The van der Waals surface area contributed by atoms with E-state index in [2.05, 4.69) is 15.5 Å². The lowest BCUT2D eigenvalue weighted by Gasteiger charge is -2.08. The second-order valence-corrected chi connectivity index (χ2v) is 6.52. The van der Waals surface area contributed by atoms with E-state index >= 15 is 0 Å². The number of phenols is 2. The average molecular weight is 356 g/mol. The highest BCUT2D eigenvalue weighted by Crippen LogP contribution is 2.26. The van der Waals surface area contributed by atoms with Crippen LogP contribution < -0.4 is 0 Å². The molecule has 7 nitrogen and oxygen atoms in total. The van der Waals surface area contributed by atoms with Gasteiger partial charge in [0, 0.05) is 6.07 Å². The first-order valence-corrected chi connectivity index (χ1v) is 8.48. The van der Waals surface area contributed by atoms with Crippen LogP contribution in [0.1, 0.15) is 21.5 Å². The number of aryl methyl sites for hydroxylation is 2. The summed E-state index contributed by atoms with van der Waals surface area (Å²) in [7, 11) is 0. The van der Waals surface area contributed by atoms with Crippen molar-refractivity contribution in [2.45, 2.75) is 19.0 Å². The molecule has 0 radical (unpaired) electrons. The van der Waals surface area contributed by atoms with Gasteiger partial charge in [0.2, 0.25) is 5.16 Å². The Balaban J connectivity index is 1.79. The number of thioether (sulfide) groups is 1. The topological polar surface area (TPSA) is 101 Å². The van der Waals surface area contributed by atoms with Gasteiger partial charge in [-0.25, -0.2) is 0 Å². The Bertz CT molecular complexity index is 939. The van der Waals surface area contributed by atoms with Crippen molar-refractivity contribution >= 4 is 17.5 Å². The van der Waals surface area contributed by atoms with Crippen molar-refractivity contribution in [3.63, 3.8) is 0 Å². The third-order valence-corrected chi connectivity index (χ3v) is 4.55. The summed E-state index contributed by atoms with van der Waals surface area (Å²) in [6, 6.07) is 9.82. The number of Topliss-reactive ketones (excluding diaryl/α,β-unsaturated/α-hetero) is 1. The summed E-state index contributed by atoms with van der Waals surface area (Å²) in [6.07, 6.45) is 0. The molecule has 25 heavy (non-hydrogen) atoms. The first-order valence-electron chi connectivity index (χ1n) is 7.49. The lowest BCUT2D eigenvalue weighted by molar-refractivity contribution is 0.102. The van der Waals surface area contributed by atoms with Gasteiger partial charge in [0.25, 0.3) is 0 Å². The number of rotatable bonds is 5. The fourth-order valence-electron chi connectivity index (χ4n) is 2.43. The van der Waals surface area contributed by atoms with E-state index in [1.54, 1.807) is 4.68 Å². The summed E-state index contributed by atoms with van der Waals surface area (Å²) in [5.41, 5.74) is 3.16. The highest BCUT2D eigenvalue weighted by molar-refractivity contribution is 7.99. The molecule has 2 N–H and O–H groups in total. The number of ketones is 1. The van der Waals surface area contributed by atoms with E-state index in [-0.39, 0.29) is 28.6 Å². The molecular weight excluding hydrogens is 340 g/mol. The molecule has 1 aromatic heterocycles. The number of phenolic OH excluding ortho intramolecular Hbond substituents is 2. The second-order valence-electron chi connectivity index (χ2n) is 5.58. The van der Waals surface area contributed by atoms with Gasteiger partial charge in [0.05, 0.1) is 17.0 Å². The van der Waals surface area contributed by atoms with Crippen LogP contribution >= 0.6 is 11.8 Å². The quantitative estimate of drug-likeness (QED) is 0.535. The van der Waals surface area contributed by atoms with Gasteiger partial charge in [-0.15, -0.1) is 5.10 Å². The Morgan fingerprint density at radius 2 is 1.96 bits per heavy atom. The summed E-state index contributed by atoms with van der Waals surface area (Å²) in [4.78, 5) is 12.3. The minimum absolute atomic E-state index is 0.0591. The van der Waals surface area contributed by atoms with Crippen LogP contribution in [-0.2, 0) is 0 Å². The molecule has 0 amide bonds. The highest BCUT2D eigenvalue weighted by Gasteiger charge is 2.16. The minimum atomic E-state index is -0.280. The summed E-state index contributed by atoms with van der Waals surface area (Å²) < 4.78 is 1.59. The van der Waals surface area contributed by atoms with Gasteiger partial charge in [-0.3, -0.25) is 4.79 Å². The molecule has 0 saturated carbocycles. The van der Waals surface area contributed by atoms with E-state index in [0.717, 1.165) is 22.9 Å². The first-order chi connectivity index (χ1) is 12.0. The Hall–Kier alpha value is -2.87. The van der Waals surface area contributed by atoms with E-state index in [9.17, 15) is 15.0 Å². The molecule has 1 heterocycles. The molecule has 0 unspecified atom stereocenters. The van der Waals surface area contributed by atoms with Gasteiger partial charge in [0.1, 0.15) is 11.5 Å². The van der Waals surface area contributed by atoms with E-state index in [1.807, 2.05) is 32.0 Å². The maximum absolute atomic E-state index is 12.3. The fraction of sp³-hybridized carbons (Fsp3) is 0.176. The van der Waals surface area contributed by atoms with Gasteiger partial charge in [-0.1, -0.05) is 29.5 Å². The Morgan fingerprint density at radius 3 is 2.68 bits per heavy atom. The molecule has 8 heteroatoms. The van der Waals surface area contributed by atoms with Crippen LogP contribution in [-0.4, -0.2) is 42.0 Å². The Labute approximate surface area is 148 Å². The van der Waals surface area contributed by atoms with Crippen LogP contribution in [0.4, 0.5) is 0 Å². The number of tetrazole rings is 1. The molecule has 3 aromatic rings. The number of aromatic nitrogens is 4. The normalized spacial score (nSPS) is 10.8. The minimum Gasteiger partial charge on any atom is -0.508 e. The molecule has 0 aliphatic carbocycles. The Morgan fingerprint density at radius 1 is 1.16 bits per heavy atom. The molecule has 0 aliphatic rings. The van der Waals surface area contributed by atoms with Crippen molar-refractivity contribution in [3.05, 3.63) is 53.1 Å². The molecular formula is C17H16N4O3S. The van der Waals surface area contributed by atoms with Crippen LogP contribution in [0.5, 0.6) is 11.5 Å². The largest absolute Gasteiger partial charge is 0.508 e. The van der Waals surface area contributed by atoms with Crippen molar-refractivity contribution in [2.24, 2.45) is 0 Å². The summed E-state index contributed by atoms with van der Waals surface area (Å²) in [5, 5.41) is 31.2. The monoisotopic (exact) mass is 356 g/mol. The van der Waals surface area contributed by atoms with Gasteiger partial charge in [0.15, 0.2) is 5.78 Å². The summed E-state index contributed by atoms with van der Waals surface area (Å²) in [5.74, 6) is -0.568. The molecule has 0 bridgehead atoms. The third kappa shape index (κ3) is 3.63. The van der Waals surface area contributed by atoms with Crippen LogP contribution in [0, 0.1) is 13.8 Å². The van der Waals surface area contributed by atoms with Crippen LogP contribution in [0.25, 0.3) is 5.69 Å². The second kappa shape index (κ2) is 6.94. The standard InChI is InChI=1S/C17H16N4O3S/c1-10-3-6-14(11(2)7-10)21-17(18-19-20-21)25-9-16(24)13-5-4-12(22)8-15(13)23/h3-8,22-23H,9H2,1-2H3. The van der Waals surface area contributed by atoms with Gasteiger partial charge in [-0.05, 0) is 48.0 Å². The predicted molar refractivity (Wildman–Crippen MR) is 93.5 cm³/mol. The smallest absolute Gasteiger partial charge is 0.214 e. The number of nitrogens with zero attached hydrogens (tertiary/aromatic N) is 4. The summed E-state index contributed by atoms with van der Waals surface area (Å²) in [6.45, 7) is 3.98. The van der Waals surface area contributed by atoms with Gasteiger partial charge in [-0.2, -0.15) is 4.68 Å². The number of benzene rings is 2. The van der Waals surface area contributed by atoms with Crippen LogP contribution in [0.3, 0.4) is 0 Å². The maximum Gasteiger partial charge on any atom is 0.214 e. The molecule has 2 aromatic carbocycles. The maximum atomic E-state index is 12.3. The molecule has 0 fully saturated rings. The zero-order valence-electron chi connectivity index (χ0n) is 13.7. The molecule has 0 spiro atoms. The molecule has 0 saturated heterocycles. The Kier molecular flexibility index (Phi) is 4.71. The molecule has 3 rings (SSSR count). The van der Waals surface area contributed by atoms with Crippen molar-refractivity contribution in [1.29, 1.82) is 0 Å². The van der Waals surface area contributed by atoms with Crippen molar-refractivity contribution in [2.75, 3.05) is 5.75 Å². The number of hydrogen-bond acceptors (Lipinski definition) is 7. The average Bonchev–Trinajstić information content (AvgIpc) is 3.01. The lowest BCUT2D eigenvalue weighted by Crippen LogP contribution is -2.06. The van der Waals surface area contributed by atoms with Crippen molar-refractivity contribution in [3.8, 4) is 17.2 Å². The number of carbonyl (C=O) groups excluding carboxylic acids is 1. The van der Waals surface area contributed by atoms with E-state index in [0.29, 0.717) is 5.16 Å². The van der Waals surface area contributed by atoms with E-state index in [1.165, 1.54) is 23.9 Å². The number of carbonyl (C=O) groups is 1. The van der Waals surface area contributed by atoms with E-state index in [4.69, 9.17) is 0 Å². The number of aromatic hydroxyl groups is 2. The molecule has 128 valence electrons. The number of hydrogen-bond donors (Lipinski definition) is 2. The van der Waals surface area contributed by atoms with Gasteiger partial charge >= 0.3 is 0 Å². The van der Waals surface area contributed by atoms with Crippen LogP contribution in [0.2, 0.25) is 0 Å².